The highest BCUT2D eigenvalue weighted by atomic mass is 16.4. The van der Waals surface area contributed by atoms with Crippen LogP contribution in [0.4, 0.5) is 0 Å². The van der Waals surface area contributed by atoms with Crippen LogP contribution in [0.3, 0.4) is 0 Å². The predicted octanol–water partition coefficient (Wildman–Crippen LogP) is 4.79. The van der Waals surface area contributed by atoms with Crippen molar-refractivity contribution in [2.75, 3.05) is 0 Å². The lowest BCUT2D eigenvalue weighted by Gasteiger charge is -2.58. The molecule has 0 aliphatic heterocycles. The lowest BCUT2D eigenvalue weighted by atomic mass is 9.47. The van der Waals surface area contributed by atoms with Crippen LogP contribution < -0.4 is 0 Å². The highest BCUT2D eigenvalue weighted by Gasteiger charge is 2.56. The minimum Gasteiger partial charge on any atom is -0.481 e. The first-order valence-corrected chi connectivity index (χ1v) is 10.4. The van der Waals surface area contributed by atoms with Crippen LogP contribution in [-0.4, -0.2) is 22.3 Å². The number of carboxylic acids is 1. The number of aliphatic hydroxyl groups excluding tert-OH is 1. The smallest absolute Gasteiger partial charge is 0.305 e. The molecule has 0 bridgehead atoms. The standard InChI is InChI=1S/C22H34O3/c1-21-9-3-4-17(21)16-6-5-15-12-14(19(23)13-20(24)25)7-11-22(15,2)18(16)8-10-21/h12,14,16-19,23H,3-11,13H2,1-2H3,(H,24,25)/t14-,16-,17-,18-,19?,21-,22-/m0/s1. The zero-order valence-electron chi connectivity index (χ0n) is 15.8. The number of aliphatic hydroxyl groups is 1. The van der Waals surface area contributed by atoms with Gasteiger partial charge in [0.1, 0.15) is 0 Å². The Hall–Kier alpha value is -0.830. The molecule has 4 aliphatic rings. The van der Waals surface area contributed by atoms with Gasteiger partial charge in [0.25, 0.3) is 0 Å². The van der Waals surface area contributed by atoms with Crippen molar-refractivity contribution in [1.29, 1.82) is 0 Å². The number of carbonyl (C=O) groups is 1. The summed E-state index contributed by atoms with van der Waals surface area (Å²) in [6, 6.07) is 0. The first kappa shape index (κ1) is 17.6. The largest absolute Gasteiger partial charge is 0.481 e. The molecule has 0 heterocycles. The van der Waals surface area contributed by atoms with Crippen molar-refractivity contribution < 1.29 is 15.0 Å². The monoisotopic (exact) mass is 346 g/mol. The summed E-state index contributed by atoms with van der Waals surface area (Å²) < 4.78 is 0. The number of aliphatic carboxylic acids is 1. The minimum atomic E-state index is -0.893. The molecule has 140 valence electrons. The lowest BCUT2D eigenvalue weighted by Crippen LogP contribution is -2.49. The average molecular weight is 347 g/mol. The Labute approximate surface area is 151 Å². The van der Waals surface area contributed by atoms with Crippen LogP contribution >= 0.6 is 0 Å². The molecule has 1 unspecified atom stereocenters. The summed E-state index contributed by atoms with van der Waals surface area (Å²) in [5.74, 6) is 1.77. The zero-order valence-corrected chi connectivity index (χ0v) is 15.8. The Morgan fingerprint density at radius 2 is 1.96 bits per heavy atom. The number of hydrogen-bond acceptors (Lipinski definition) is 2. The molecule has 4 aliphatic carbocycles. The van der Waals surface area contributed by atoms with Crippen molar-refractivity contribution in [3.63, 3.8) is 0 Å². The third-order valence-corrected chi connectivity index (χ3v) is 8.81. The molecule has 3 saturated carbocycles. The maximum Gasteiger partial charge on any atom is 0.305 e. The van der Waals surface area contributed by atoms with Gasteiger partial charge >= 0.3 is 5.97 Å². The second-order valence-corrected chi connectivity index (χ2v) is 9.98. The van der Waals surface area contributed by atoms with Gasteiger partial charge in [0, 0.05) is 5.92 Å². The molecule has 0 spiro atoms. The van der Waals surface area contributed by atoms with E-state index in [0.717, 1.165) is 30.6 Å². The third-order valence-electron chi connectivity index (χ3n) is 8.81. The molecule has 3 fully saturated rings. The van der Waals surface area contributed by atoms with E-state index < -0.39 is 12.1 Å². The fourth-order valence-corrected chi connectivity index (χ4v) is 7.38. The molecule has 4 rings (SSSR count). The molecular weight excluding hydrogens is 312 g/mol. The Bertz CT molecular complexity index is 582. The highest BCUT2D eigenvalue weighted by Crippen LogP contribution is 2.65. The molecule has 0 saturated heterocycles. The quantitative estimate of drug-likeness (QED) is 0.722. The summed E-state index contributed by atoms with van der Waals surface area (Å²) in [5, 5.41) is 19.3. The van der Waals surface area contributed by atoms with Gasteiger partial charge in [-0.1, -0.05) is 31.9 Å². The maximum atomic E-state index is 10.9. The maximum absolute atomic E-state index is 10.9. The minimum absolute atomic E-state index is 0.0380. The van der Waals surface area contributed by atoms with Gasteiger partial charge in [-0.05, 0) is 80.0 Å². The van der Waals surface area contributed by atoms with Crippen molar-refractivity contribution in [2.24, 2.45) is 34.5 Å². The summed E-state index contributed by atoms with van der Waals surface area (Å²) in [7, 11) is 0. The zero-order chi connectivity index (χ0) is 17.8. The second kappa shape index (κ2) is 6.11. The van der Waals surface area contributed by atoms with Gasteiger partial charge in [-0.2, -0.15) is 0 Å². The lowest BCUT2D eigenvalue weighted by molar-refractivity contribution is -0.139. The molecule has 0 amide bonds. The fourth-order valence-electron chi connectivity index (χ4n) is 7.38. The van der Waals surface area contributed by atoms with Crippen LogP contribution in [0.15, 0.2) is 11.6 Å². The van der Waals surface area contributed by atoms with E-state index in [2.05, 4.69) is 19.9 Å². The molecule has 0 aromatic carbocycles. The van der Waals surface area contributed by atoms with Gasteiger partial charge in [0.2, 0.25) is 0 Å². The molecule has 0 radical (unpaired) electrons. The summed E-state index contributed by atoms with van der Waals surface area (Å²) in [6.07, 6.45) is 13.0. The molecule has 7 atom stereocenters. The SMILES string of the molecule is C[C@@]12CCC[C@H]1[C@@H]1CCC3=C[C@@H](C(O)CC(=O)O)CC[C@]3(C)[C@H]1CC2. The van der Waals surface area contributed by atoms with Crippen molar-refractivity contribution in [1.82, 2.24) is 0 Å². The number of hydrogen-bond donors (Lipinski definition) is 2. The Kier molecular flexibility index (Phi) is 4.30. The van der Waals surface area contributed by atoms with Crippen LogP contribution in [0.25, 0.3) is 0 Å². The topological polar surface area (TPSA) is 57.5 Å². The molecule has 25 heavy (non-hydrogen) atoms. The predicted molar refractivity (Wildman–Crippen MR) is 98.1 cm³/mol. The Morgan fingerprint density at radius 1 is 1.16 bits per heavy atom. The van der Waals surface area contributed by atoms with E-state index in [4.69, 9.17) is 5.11 Å². The van der Waals surface area contributed by atoms with E-state index in [9.17, 15) is 9.90 Å². The normalized spacial score (nSPS) is 47.2. The Balaban J connectivity index is 1.56. The number of rotatable bonds is 3. The van der Waals surface area contributed by atoms with Crippen molar-refractivity contribution in [3.05, 3.63) is 11.6 Å². The first-order valence-electron chi connectivity index (χ1n) is 10.4. The number of fused-ring (bicyclic) bond motifs is 5. The van der Waals surface area contributed by atoms with Gasteiger partial charge in [-0.25, -0.2) is 0 Å². The van der Waals surface area contributed by atoms with Crippen LogP contribution in [-0.2, 0) is 4.79 Å². The highest BCUT2D eigenvalue weighted by molar-refractivity contribution is 5.67. The Morgan fingerprint density at radius 3 is 2.72 bits per heavy atom. The van der Waals surface area contributed by atoms with Gasteiger partial charge in [0.15, 0.2) is 0 Å². The van der Waals surface area contributed by atoms with E-state index in [1.54, 1.807) is 0 Å². The van der Waals surface area contributed by atoms with Crippen LogP contribution in [0.5, 0.6) is 0 Å². The van der Waals surface area contributed by atoms with E-state index in [1.165, 1.54) is 50.5 Å². The second-order valence-electron chi connectivity index (χ2n) is 9.98. The van der Waals surface area contributed by atoms with Gasteiger partial charge < -0.3 is 10.2 Å². The van der Waals surface area contributed by atoms with Gasteiger partial charge in [-0.3, -0.25) is 4.79 Å². The first-order chi connectivity index (χ1) is 11.8. The van der Waals surface area contributed by atoms with Crippen molar-refractivity contribution in [2.45, 2.75) is 84.2 Å². The van der Waals surface area contributed by atoms with Crippen LogP contribution in [0.1, 0.15) is 78.1 Å². The third kappa shape index (κ3) is 2.78. The molecule has 3 heteroatoms. The van der Waals surface area contributed by atoms with E-state index in [0.29, 0.717) is 10.8 Å². The number of allylic oxidation sites excluding steroid dienone is 1. The van der Waals surface area contributed by atoms with E-state index in [-0.39, 0.29) is 12.3 Å². The number of carboxylic acid groups (broad SMARTS) is 1. The summed E-state index contributed by atoms with van der Waals surface area (Å²) in [5.41, 5.74) is 2.44. The van der Waals surface area contributed by atoms with Crippen molar-refractivity contribution >= 4 is 5.97 Å². The summed E-state index contributed by atoms with van der Waals surface area (Å²) in [4.78, 5) is 10.9. The molecular formula is C22H34O3. The van der Waals surface area contributed by atoms with E-state index >= 15 is 0 Å². The molecule has 2 N–H and O–H groups in total. The van der Waals surface area contributed by atoms with Crippen LogP contribution in [0, 0.1) is 34.5 Å². The van der Waals surface area contributed by atoms with Crippen LogP contribution in [0.2, 0.25) is 0 Å². The summed E-state index contributed by atoms with van der Waals surface area (Å²) in [6.45, 7) is 5.03. The molecule has 3 nitrogen and oxygen atoms in total. The van der Waals surface area contributed by atoms with Gasteiger partial charge in [0.05, 0.1) is 12.5 Å². The molecule has 0 aromatic rings. The van der Waals surface area contributed by atoms with E-state index in [1.807, 2.05) is 0 Å². The van der Waals surface area contributed by atoms with Crippen molar-refractivity contribution in [3.8, 4) is 0 Å². The summed E-state index contributed by atoms with van der Waals surface area (Å²) >= 11 is 0. The molecule has 0 aromatic heterocycles. The fraction of sp³-hybridized carbons (Fsp3) is 0.864. The average Bonchev–Trinajstić information content (AvgIpc) is 2.95. The van der Waals surface area contributed by atoms with Gasteiger partial charge in [-0.15, -0.1) is 0 Å².